The van der Waals surface area contributed by atoms with E-state index in [4.69, 9.17) is 5.73 Å². The molecule has 1 heterocycles. The fraction of sp³-hybridized carbons (Fsp3) is 0.694. The molecule has 14 N–H and O–H groups in total. The Labute approximate surface area is 346 Å². The number of hydrogen-bond donors (Lipinski definition) is 11. The Bertz CT molecular complexity index is 1590. The number of carbonyl (C=O) groups excluding carboxylic acids is 11. The van der Waals surface area contributed by atoms with Crippen LogP contribution in [-0.2, 0) is 52.7 Å². The molecule has 0 aliphatic carbocycles. The summed E-state index contributed by atoms with van der Waals surface area (Å²) >= 11 is 0. The topological polar surface area (TPSA) is 404 Å². The Balaban J connectivity index is 3.90. The van der Waals surface area contributed by atoms with E-state index in [-0.39, 0.29) is 25.2 Å². The highest BCUT2D eigenvalue weighted by molar-refractivity contribution is 6.00. The molecule has 0 bridgehead atoms. The molecule has 60 heavy (non-hydrogen) atoms. The standard InChI is InChI=1S/C36H60N10O14/c1-6-17(4)28-36(60)44-23(14-27(51)52)33(57)42-21(12-25(38)48)32(56)41-20(11-16(2)3)31(55)43-22(13-26(49)50)34(58)45-24(15-47)35(59)39-18(5)29(53)40-19(30(54)46-28)9-7-8-10-37/h16-24,28,47H,6-15,37H2,1-5H3,(H2,38,48)(H,39,59)(H,40,53)(H,41,56)(H,42,57)(H,43,55)(H,44,60)(H,45,58)(H,46,54)(H,49,50)(H,51,52)/p-1/t17-,18-,19-,20-,21-,22-,23-,24-,28-/m0/s1. The summed E-state index contributed by atoms with van der Waals surface area (Å²) in [7, 11) is 0. The van der Waals surface area contributed by atoms with Gasteiger partial charge in [-0.25, -0.2) is 0 Å². The Morgan fingerprint density at radius 2 is 1.03 bits per heavy atom. The fourth-order valence-electron chi connectivity index (χ4n) is 5.84. The average molecular weight is 856 g/mol. The molecule has 1 saturated heterocycles. The number of nitrogens with one attached hydrogen (secondary N) is 8. The van der Waals surface area contributed by atoms with Crippen molar-refractivity contribution >= 4 is 65.1 Å². The second kappa shape index (κ2) is 25.5. The van der Waals surface area contributed by atoms with Gasteiger partial charge in [0.25, 0.3) is 0 Å². The molecule has 0 spiro atoms. The number of unbranched alkanes of at least 4 members (excludes halogenated alkanes) is 1. The maximum Gasteiger partial charge on any atom is 0.245 e. The number of amides is 9. The van der Waals surface area contributed by atoms with Crippen LogP contribution in [0.1, 0.15) is 86.0 Å². The number of carboxylic acid groups (broad SMARTS) is 2. The average Bonchev–Trinajstić information content (AvgIpc) is 3.15. The van der Waals surface area contributed by atoms with E-state index in [1.807, 2.05) is 0 Å². The molecule has 338 valence electrons. The van der Waals surface area contributed by atoms with Crippen molar-refractivity contribution in [3.8, 4) is 0 Å². The lowest BCUT2D eigenvalue weighted by Crippen LogP contribution is -2.62. The summed E-state index contributed by atoms with van der Waals surface area (Å²) in [6.07, 6.45) is -2.26. The third-order valence-electron chi connectivity index (χ3n) is 9.37. The zero-order valence-corrected chi connectivity index (χ0v) is 34.4. The quantitative estimate of drug-likeness (QED) is 0.0682. The number of rotatable bonds is 15. The summed E-state index contributed by atoms with van der Waals surface area (Å²) in [6.45, 7) is 7.09. The third kappa shape index (κ3) is 17.9. The Morgan fingerprint density at radius 1 is 0.617 bits per heavy atom. The SMILES string of the molecule is CC[C@H](C)[C@@H]1NC(=O)[C@H](CCCC[NH3+])NC(=O)[C@H](C)NC(=O)[C@H](CO)NC(=O)[C@H](CC(=O)[O-])NC(=O)[C@H](CC(C)C)NC(=O)[C@H](CC(N)=O)NC(=O)[C@H](CC(=O)[O-])NC1=O. The summed E-state index contributed by atoms with van der Waals surface area (Å²) in [4.78, 5) is 143. The second-order valence-corrected chi connectivity index (χ2v) is 15.0. The van der Waals surface area contributed by atoms with E-state index in [9.17, 15) is 68.1 Å². The molecule has 0 aromatic carbocycles. The zero-order chi connectivity index (χ0) is 45.9. The van der Waals surface area contributed by atoms with Crippen LogP contribution in [0.5, 0.6) is 0 Å². The van der Waals surface area contributed by atoms with Crippen molar-refractivity contribution in [3.05, 3.63) is 0 Å². The molecule has 24 heteroatoms. The van der Waals surface area contributed by atoms with E-state index >= 15 is 0 Å². The molecule has 0 aromatic heterocycles. The first-order chi connectivity index (χ1) is 28.0. The molecular formula is C36H59N10O14-. The molecule has 9 amide bonds. The minimum Gasteiger partial charge on any atom is -0.550 e. The van der Waals surface area contributed by atoms with Gasteiger partial charge in [0.15, 0.2) is 0 Å². The number of nitrogens with two attached hydrogens (primary N) is 1. The van der Waals surface area contributed by atoms with Crippen LogP contribution in [0, 0.1) is 11.8 Å². The zero-order valence-electron chi connectivity index (χ0n) is 34.4. The number of aliphatic hydroxyl groups excluding tert-OH is 1. The lowest BCUT2D eigenvalue weighted by Gasteiger charge is -2.30. The van der Waals surface area contributed by atoms with E-state index < -0.39 is 145 Å². The molecule has 9 atom stereocenters. The smallest absolute Gasteiger partial charge is 0.245 e. The highest BCUT2D eigenvalue weighted by Crippen LogP contribution is 2.12. The van der Waals surface area contributed by atoms with Crippen LogP contribution in [0.3, 0.4) is 0 Å². The van der Waals surface area contributed by atoms with Crippen molar-refractivity contribution in [1.29, 1.82) is 0 Å². The fourth-order valence-corrected chi connectivity index (χ4v) is 5.84. The van der Waals surface area contributed by atoms with E-state index in [0.717, 1.165) is 0 Å². The highest BCUT2D eigenvalue weighted by atomic mass is 16.4. The van der Waals surface area contributed by atoms with Crippen LogP contribution < -0.4 is 64.2 Å². The molecule has 0 saturated carbocycles. The molecule has 1 rings (SSSR count). The molecule has 0 radical (unpaired) electrons. The Kier molecular flexibility index (Phi) is 22.2. The lowest BCUT2D eigenvalue weighted by atomic mass is 9.96. The highest BCUT2D eigenvalue weighted by Gasteiger charge is 2.36. The van der Waals surface area contributed by atoms with Crippen LogP contribution in [-0.4, -0.2) is 132 Å². The first-order valence-corrected chi connectivity index (χ1v) is 19.6. The van der Waals surface area contributed by atoms with Crippen LogP contribution >= 0.6 is 0 Å². The van der Waals surface area contributed by atoms with Gasteiger partial charge in [-0.1, -0.05) is 34.1 Å². The van der Waals surface area contributed by atoms with Crippen molar-refractivity contribution in [2.24, 2.45) is 17.6 Å². The summed E-state index contributed by atoms with van der Waals surface area (Å²) in [5.74, 6) is -14.8. The minimum atomic E-state index is -1.98. The van der Waals surface area contributed by atoms with Gasteiger partial charge in [0.05, 0.1) is 19.6 Å². The normalized spacial score (nSPS) is 26.4. The Morgan fingerprint density at radius 3 is 1.48 bits per heavy atom. The number of hydrogen-bond acceptors (Lipinski definition) is 14. The maximum atomic E-state index is 13.8. The Hall–Kier alpha value is -5.91. The number of aliphatic hydroxyl groups is 1. The van der Waals surface area contributed by atoms with Crippen LogP contribution in [0.2, 0.25) is 0 Å². The molecule has 1 fully saturated rings. The van der Waals surface area contributed by atoms with Crippen molar-refractivity contribution in [3.63, 3.8) is 0 Å². The molecule has 1 aliphatic heterocycles. The van der Waals surface area contributed by atoms with Gasteiger partial charge in [0.2, 0.25) is 53.2 Å². The first kappa shape index (κ1) is 52.1. The van der Waals surface area contributed by atoms with Crippen molar-refractivity contribution in [1.82, 2.24) is 42.5 Å². The second-order valence-electron chi connectivity index (χ2n) is 15.0. The van der Waals surface area contributed by atoms with Crippen molar-refractivity contribution in [2.45, 2.75) is 134 Å². The maximum absolute atomic E-state index is 13.8. The largest absolute Gasteiger partial charge is 0.550 e. The first-order valence-electron chi connectivity index (χ1n) is 19.6. The van der Waals surface area contributed by atoms with Crippen LogP contribution in [0.25, 0.3) is 0 Å². The monoisotopic (exact) mass is 855 g/mol. The summed E-state index contributed by atoms with van der Waals surface area (Å²) in [6, 6.07) is -13.4. The van der Waals surface area contributed by atoms with Crippen molar-refractivity contribution < 1.29 is 73.8 Å². The van der Waals surface area contributed by atoms with E-state index in [2.05, 4.69) is 48.3 Å². The van der Waals surface area contributed by atoms with E-state index in [0.29, 0.717) is 19.4 Å². The van der Waals surface area contributed by atoms with Gasteiger partial charge >= 0.3 is 0 Å². The minimum absolute atomic E-state index is 0.0144. The van der Waals surface area contributed by atoms with Crippen molar-refractivity contribution in [2.75, 3.05) is 13.2 Å². The molecule has 1 aliphatic rings. The third-order valence-corrected chi connectivity index (χ3v) is 9.37. The van der Waals surface area contributed by atoms with Gasteiger partial charge in [0, 0.05) is 24.8 Å². The van der Waals surface area contributed by atoms with Gasteiger partial charge in [0.1, 0.15) is 48.3 Å². The molecular weight excluding hydrogens is 796 g/mol. The number of primary amides is 1. The van der Waals surface area contributed by atoms with E-state index in [1.54, 1.807) is 27.7 Å². The van der Waals surface area contributed by atoms with Gasteiger partial charge in [-0.3, -0.25) is 43.2 Å². The van der Waals surface area contributed by atoms with Gasteiger partial charge in [-0.15, -0.1) is 0 Å². The van der Waals surface area contributed by atoms with E-state index in [1.165, 1.54) is 6.92 Å². The number of aliphatic carboxylic acids is 2. The lowest BCUT2D eigenvalue weighted by molar-refractivity contribution is -0.368. The number of carboxylic acids is 2. The summed E-state index contributed by atoms with van der Waals surface area (Å²) in [5.41, 5.74) is 9.07. The predicted molar refractivity (Wildman–Crippen MR) is 202 cm³/mol. The number of quaternary nitrogens is 1. The van der Waals surface area contributed by atoms with Crippen LogP contribution in [0.15, 0.2) is 0 Å². The predicted octanol–water partition coefficient (Wildman–Crippen LogP) is -8.45. The van der Waals surface area contributed by atoms with Gasteiger partial charge < -0.3 is 78.9 Å². The van der Waals surface area contributed by atoms with Crippen LogP contribution in [0.4, 0.5) is 0 Å². The summed E-state index contributed by atoms with van der Waals surface area (Å²) < 4.78 is 0. The van der Waals surface area contributed by atoms with Gasteiger partial charge in [-0.2, -0.15) is 0 Å². The molecule has 24 nitrogen and oxygen atoms in total. The molecule has 0 aromatic rings. The molecule has 0 unspecified atom stereocenters. The number of carbonyl (C=O) groups is 11. The van der Waals surface area contributed by atoms with Gasteiger partial charge in [-0.05, 0) is 44.4 Å². The summed E-state index contributed by atoms with van der Waals surface area (Å²) in [5, 5.41) is 51.6.